The van der Waals surface area contributed by atoms with Crippen molar-refractivity contribution in [2.45, 2.75) is 46.6 Å². The van der Waals surface area contributed by atoms with Crippen LogP contribution in [0.4, 0.5) is 0 Å². The molecule has 0 aromatic rings. The van der Waals surface area contributed by atoms with Crippen LogP contribution < -0.4 is 0 Å². The van der Waals surface area contributed by atoms with Gasteiger partial charge >= 0.3 is 0 Å². The van der Waals surface area contributed by atoms with E-state index in [9.17, 15) is 4.79 Å². The van der Waals surface area contributed by atoms with Crippen molar-refractivity contribution < 1.29 is 4.79 Å². The Balaban J connectivity index is 4.11. The first kappa shape index (κ1) is 13.8. The Kier molecular flexibility index (Phi) is 6.98. The zero-order chi connectivity index (χ0) is 11.1. The highest BCUT2D eigenvalue weighted by Gasteiger charge is 2.16. The van der Waals surface area contributed by atoms with Crippen LogP contribution in [0.5, 0.6) is 0 Å². The highest BCUT2D eigenvalue weighted by Crippen LogP contribution is 2.08. The summed E-state index contributed by atoms with van der Waals surface area (Å²) >= 11 is 5.62. The lowest BCUT2D eigenvalue weighted by Crippen LogP contribution is -2.38. The standard InChI is InChI=1S/C11H22ClNO/c1-9(2)8-11(14)13(10(3)4)7-5-6-12/h9-10H,5-8H2,1-4H3. The molecule has 0 aliphatic carbocycles. The fourth-order valence-corrected chi connectivity index (χ4v) is 1.49. The smallest absolute Gasteiger partial charge is 0.223 e. The van der Waals surface area contributed by atoms with Gasteiger partial charge in [0.15, 0.2) is 0 Å². The molecule has 0 N–H and O–H groups in total. The van der Waals surface area contributed by atoms with E-state index >= 15 is 0 Å². The second kappa shape index (κ2) is 7.10. The van der Waals surface area contributed by atoms with Gasteiger partial charge in [-0.25, -0.2) is 0 Å². The van der Waals surface area contributed by atoms with Gasteiger partial charge in [0.1, 0.15) is 0 Å². The molecule has 0 radical (unpaired) electrons. The number of hydrogen-bond donors (Lipinski definition) is 0. The van der Waals surface area contributed by atoms with Crippen molar-refractivity contribution in [1.82, 2.24) is 4.90 Å². The van der Waals surface area contributed by atoms with E-state index in [1.165, 1.54) is 0 Å². The zero-order valence-electron chi connectivity index (χ0n) is 9.72. The van der Waals surface area contributed by atoms with Crippen molar-refractivity contribution in [3.05, 3.63) is 0 Å². The Morgan fingerprint density at radius 1 is 1.29 bits per heavy atom. The van der Waals surface area contributed by atoms with Gasteiger partial charge in [-0.05, 0) is 26.2 Å². The maximum absolute atomic E-state index is 11.8. The van der Waals surface area contributed by atoms with Gasteiger partial charge in [-0.1, -0.05) is 13.8 Å². The molecule has 0 aliphatic heterocycles. The second-order valence-corrected chi connectivity index (χ2v) is 4.70. The van der Waals surface area contributed by atoms with Crippen LogP contribution in [0.25, 0.3) is 0 Å². The molecule has 0 rings (SSSR count). The molecule has 0 unspecified atom stereocenters. The first-order chi connectivity index (χ1) is 6.49. The van der Waals surface area contributed by atoms with E-state index < -0.39 is 0 Å². The molecule has 3 heteroatoms. The molecule has 0 aromatic heterocycles. The summed E-state index contributed by atoms with van der Waals surface area (Å²) in [5, 5.41) is 0. The third-order valence-electron chi connectivity index (χ3n) is 2.06. The molecule has 14 heavy (non-hydrogen) atoms. The number of carbonyl (C=O) groups is 1. The highest BCUT2D eigenvalue weighted by atomic mass is 35.5. The molecule has 0 aliphatic rings. The number of alkyl halides is 1. The fourth-order valence-electron chi connectivity index (χ4n) is 1.37. The molecule has 1 amide bonds. The van der Waals surface area contributed by atoms with Crippen LogP contribution in [0.15, 0.2) is 0 Å². The summed E-state index contributed by atoms with van der Waals surface area (Å²) in [5.41, 5.74) is 0. The minimum absolute atomic E-state index is 0.250. The molecule has 0 fully saturated rings. The van der Waals surface area contributed by atoms with Gasteiger partial charge in [-0.15, -0.1) is 11.6 Å². The van der Waals surface area contributed by atoms with E-state index in [-0.39, 0.29) is 11.9 Å². The predicted octanol–water partition coefficient (Wildman–Crippen LogP) is 2.90. The molecule has 0 heterocycles. The summed E-state index contributed by atoms with van der Waals surface area (Å²) in [6, 6.07) is 0.282. The van der Waals surface area contributed by atoms with Gasteiger partial charge in [-0.3, -0.25) is 4.79 Å². The van der Waals surface area contributed by atoms with E-state index in [1.807, 2.05) is 18.7 Å². The van der Waals surface area contributed by atoms with Crippen LogP contribution in [0, 0.1) is 5.92 Å². The van der Waals surface area contributed by atoms with Crippen LogP contribution in [-0.4, -0.2) is 29.3 Å². The van der Waals surface area contributed by atoms with Gasteiger partial charge in [-0.2, -0.15) is 0 Å². The van der Waals surface area contributed by atoms with Crippen LogP contribution >= 0.6 is 11.6 Å². The Labute approximate surface area is 92.6 Å². The van der Waals surface area contributed by atoms with Crippen LogP contribution in [0.2, 0.25) is 0 Å². The van der Waals surface area contributed by atoms with Gasteiger partial charge in [0.2, 0.25) is 5.91 Å². The predicted molar refractivity (Wildman–Crippen MR) is 61.6 cm³/mol. The minimum Gasteiger partial charge on any atom is -0.340 e. The Bertz CT molecular complexity index is 169. The lowest BCUT2D eigenvalue weighted by Gasteiger charge is -2.27. The largest absolute Gasteiger partial charge is 0.340 e. The molecule has 0 spiro atoms. The van der Waals surface area contributed by atoms with Gasteiger partial charge in [0.25, 0.3) is 0 Å². The topological polar surface area (TPSA) is 20.3 Å². The van der Waals surface area contributed by atoms with E-state index in [2.05, 4.69) is 13.8 Å². The number of nitrogens with zero attached hydrogens (tertiary/aromatic N) is 1. The lowest BCUT2D eigenvalue weighted by atomic mass is 10.1. The number of amides is 1. The molecule has 2 nitrogen and oxygen atoms in total. The lowest BCUT2D eigenvalue weighted by molar-refractivity contribution is -0.133. The van der Waals surface area contributed by atoms with Gasteiger partial charge < -0.3 is 4.90 Å². The third-order valence-corrected chi connectivity index (χ3v) is 2.33. The Morgan fingerprint density at radius 3 is 2.21 bits per heavy atom. The van der Waals surface area contributed by atoms with E-state index in [4.69, 9.17) is 11.6 Å². The first-order valence-electron chi connectivity index (χ1n) is 5.34. The number of hydrogen-bond acceptors (Lipinski definition) is 1. The summed E-state index contributed by atoms with van der Waals surface area (Å²) < 4.78 is 0. The number of rotatable bonds is 6. The van der Waals surface area contributed by atoms with Crippen molar-refractivity contribution >= 4 is 17.5 Å². The summed E-state index contributed by atoms with van der Waals surface area (Å²) in [7, 11) is 0. The van der Waals surface area contributed by atoms with Crippen molar-refractivity contribution in [2.75, 3.05) is 12.4 Å². The third kappa shape index (κ3) is 5.48. The highest BCUT2D eigenvalue weighted by molar-refractivity contribution is 6.17. The van der Waals surface area contributed by atoms with Crippen molar-refractivity contribution in [2.24, 2.45) is 5.92 Å². The Morgan fingerprint density at radius 2 is 1.86 bits per heavy atom. The average molecular weight is 220 g/mol. The van der Waals surface area contributed by atoms with Gasteiger partial charge in [0, 0.05) is 24.9 Å². The summed E-state index contributed by atoms with van der Waals surface area (Å²) in [6.45, 7) is 9.02. The van der Waals surface area contributed by atoms with Crippen molar-refractivity contribution in [3.8, 4) is 0 Å². The average Bonchev–Trinajstić information content (AvgIpc) is 2.02. The SMILES string of the molecule is CC(C)CC(=O)N(CCCCl)C(C)C. The maximum Gasteiger partial charge on any atom is 0.223 e. The van der Waals surface area contributed by atoms with E-state index in [1.54, 1.807) is 0 Å². The molecule has 0 saturated heterocycles. The minimum atomic E-state index is 0.250. The monoisotopic (exact) mass is 219 g/mol. The van der Waals surface area contributed by atoms with Gasteiger partial charge in [0.05, 0.1) is 0 Å². The van der Waals surface area contributed by atoms with Crippen LogP contribution in [0.3, 0.4) is 0 Å². The number of carbonyl (C=O) groups excluding carboxylic acids is 1. The van der Waals surface area contributed by atoms with E-state index in [0.717, 1.165) is 13.0 Å². The molecule has 0 atom stereocenters. The van der Waals surface area contributed by atoms with Crippen molar-refractivity contribution in [1.29, 1.82) is 0 Å². The van der Waals surface area contributed by atoms with Crippen LogP contribution in [-0.2, 0) is 4.79 Å². The number of halogens is 1. The fraction of sp³-hybridized carbons (Fsp3) is 0.909. The molecule has 0 aromatic carbocycles. The Hall–Kier alpha value is -0.240. The maximum atomic E-state index is 11.8. The first-order valence-corrected chi connectivity index (χ1v) is 5.88. The zero-order valence-corrected chi connectivity index (χ0v) is 10.5. The normalized spacial score (nSPS) is 11.1. The molecule has 0 bridgehead atoms. The molecular formula is C11H22ClNO. The molecule has 84 valence electrons. The summed E-state index contributed by atoms with van der Waals surface area (Å²) in [5.74, 6) is 1.30. The second-order valence-electron chi connectivity index (χ2n) is 4.32. The summed E-state index contributed by atoms with van der Waals surface area (Å²) in [6.07, 6.45) is 1.52. The molecule has 0 saturated carbocycles. The quantitative estimate of drug-likeness (QED) is 0.630. The molecular weight excluding hydrogens is 198 g/mol. The van der Waals surface area contributed by atoms with E-state index in [0.29, 0.717) is 18.2 Å². The van der Waals surface area contributed by atoms with Crippen LogP contribution in [0.1, 0.15) is 40.5 Å². The van der Waals surface area contributed by atoms with Crippen molar-refractivity contribution in [3.63, 3.8) is 0 Å². The summed E-state index contributed by atoms with van der Waals surface area (Å²) in [4.78, 5) is 13.7.